The number of hydrogen-bond acceptors (Lipinski definition) is 6. The molecule has 0 radical (unpaired) electrons. The van der Waals surface area contributed by atoms with E-state index in [0.717, 1.165) is 22.6 Å². The standard InChI is InChI=1S/C22H26N2O5S/c1-28-18-6-8-19(9-7-18)29-14-17(25)13-24-21-5-3-2-4-20(21)23-22(24)12-16-10-11-30(26,27)15-16/h2-9,16-17,25H,10-15H2,1H3/t16-,17-/m1/s1. The van der Waals surface area contributed by atoms with E-state index in [1.807, 2.05) is 28.8 Å². The van der Waals surface area contributed by atoms with Crippen molar-refractivity contribution in [1.82, 2.24) is 9.55 Å². The van der Waals surface area contributed by atoms with Gasteiger partial charge in [0.2, 0.25) is 0 Å². The van der Waals surface area contributed by atoms with Crippen LogP contribution in [0.2, 0.25) is 0 Å². The van der Waals surface area contributed by atoms with Crippen LogP contribution in [0.5, 0.6) is 11.5 Å². The van der Waals surface area contributed by atoms with Gasteiger partial charge in [0, 0.05) is 6.42 Å². The zero-order valence-corrected chi connectivity index (χ0v) is 17.7. The molecule has 1 N–H and O–H groups in total. The fraction of sp³-hybridized carbons (Fsp3) is 0.409. The minimum absolute atomic E-state index is 0.0678. The van der Waals surface area contributed by atoms with Crippen LogP contribution in [0.1, 0.15) is 12.2 Å². The van der Waals surface area contributed by atoms with Crippen molar-refractivity contribution in [3.63, 3.8) is 0 Å². The Balaban J connectivity index is 1.47. The lowest BCUT2D eigenvalue weighted by Gasteiger charge is -2.17. The van der Waals surface area contributed by atoms with Gasteiger partial charge in [-0.2, -0.15) is 0 Å². The fourth-order valence-electron chi connectivity index (χ4n) is 3.90. The maximum atomic E-state index is 11.8. The van der Waals surface area contributed by atoms with Crippen LogP contribution >= 0.6 is 0 Å². The maximum absolute atomic E-state index is 11.8. The topological polar surface area (TPSA) is 90.6 Å². The summed E-state index contributed by atoms with van der Waals surface area (Å²) in [5.74, 6) is 2.73. The summed E-state index contributed by atoms with van der Waals surface area (Å²) in [5.41, 5.74) is 1.77. The van der Waals surface area contributed by atoms with E-state index in [0.29, 0.717) is 25.1 Å². The van der Waals surface area contributed by atoms with Crippen LogP contribution in [0.15, 0.2) is 48.5 Å². The number of aliphatic hydroxyl groups is 1. The number of methoxy groups -OCH3 is 1. The lowest BCUT2D eigenvalue weighted by molar-refractivity contribution is 0.0925. The molecule has 0 spiro atoms. The van der Waals surface area contributed by atoms with E-state index < -0.39 is 15.9 Å². The molecule has 4 rings (SSSR count). The van der Waals surface area contributed by atoms with E-state index in [-0.39, 0.29) is 24.0 Å². The lowest BCUT2D eigenvalue weighted by atomic mass is 10.1. The van der Waals surface area contributed by atoms with Crippen molar-refractivity contribution in [2.45, 2.75) is 25.5 Å². The summed E-state index contributed by atoms with van der Waals surface area (Å²) in [6.45, 7) is 0.460. The Kier molecular flexibility index (Phi) is 5.97. The van der Waals surface area contributed by atoms with Crippen LogP contribution in [0.4, 0.5) is 0 Å². The zero-order chi connectivity index (χ0) is 21.1. The van der Waals surface area contributed by atoms with Crippen LogP contribution in [0.25, 0.3) is 11.0 Å². The Hall–Kier alpha value is -2.58. The molecule has 1 fully saturated rings. The molecule has 30 heavy (non-hydrogen) atoms. The normalized spacial score (nSPS) is 19.1. The molecule has 2 aromatic carbocycles. The van der Waals surface area contributed by atoms with Gasteiger partial charge in [0.15, 0.2) is 9.84 Å². The number of aromatic nitrogens is 2. The quantitative estimate of drug-likeness (QED) is 0.590. The number of sulfone groups is 1. The molecule has 0 unspecified atom stereocenters. The number of para-hydroxylation sites is 2. The van der Waals surface area contributed by atoms with Gasteiger partial charge in [-0.1, -0.05) is 12.1 Å². The summed E-state index contributed by atoms with van der Waals surface area (Å²) in [5, 5.41) is 10.6. The number of hydrogen-bond donors (Lipinski definition) is 1. The molecule has 0 saturated carbocycles. The Morgan fingerprint density at radius 2 is 1.90 bits per heavy atom. The fourth-order valence-corrected chi connectivity index (χ4v) is 5.77. The molecule has 1 saturated heterocycles. The van der Waals surface area contributed by atoms with Crippen molar-refractivity contribution < 1.29 is 23.0 Å². The number of aliphatic hydroxyl groups excluding tert-OH is 1. The molecule has 2 heterocycles. The van der Waals surface area contributed by atoms with Crippen LogP contribution in [0, 0.1) is 5.92 Å². The van der Waals surface area contributed by atoms with E-state index in [1.165, 1.54) is 0 Å². The number of benzene rings is 2. The molecule has 1 aliphatic heterocycles. The predicted molar refractivity (Wildman–Crippen MR) is 115 cm³/mol. The lowest BCUT2D eigenvalue weighted by Crippen LogP contribution is -2.25. The van der Waals surface area contributed by atoms with Gasteiger partial charge in [-0.3, -0.25) is 0 Å². The SMILES string of the molecule is COc1ccc(OC[C@H](O)Cn2c(C[C@H]3CCS(=O)(=O)C3)nc3ccccc32)cc1. The number of imidazole rings is 1. The van der Waals surface area contributed by atoms with Gasteiger partial charge in [-0.05, 0) is 48.7 Å². The number of ether oxygens (including phenoxy) is 2. The van der Waals surface area contributed by atoms with Gasteiger partial charge in [-0.15, -0.1) is 0 Å². The number of nitrogens with zero attached hydrogens (tertiary/aromatic N) is 2. The van der Waals surface area contributed by atoms with Crippen LogP contribution in [-0.2, 0) is 22.8 Å². The van der Waals surface area contributed by atoms with Gasteiger partial charge in [-0.25, -0.2) is 13.4 Å². The molecule has 7 nitrogen and oxygen atoms in total. The van der Waals surface area contributed by atoms with Crippen LogP contribution in [-0.4, -0.2) is 54.4 Å². The van der Waals surface area contributed by atoms with E-state index >= 15 is 0 Å². The minimum Gasteiger partial charge on any atom is -0.497 e. The minimum atomic E-state index is -2.94. The summed E-state index contributed by atoms with van der Waals surface area (Å²) >= 11 is 0. The Morgan fingerprint density at radius 3 is 2.60 bits per heavy atom. The molecule has 160 valence electrons. The first-order valence-corrected chi connectivity index (χ1v) is 11.8. The third-order valence-electron chi connectivity index (χ3n) is 5.43. The summed E-state index contributed by atoms with van der Waals surface area (Å²) in [6, 6.07) is 15.0. The van der Waals surface area contributed by atoms with Crippen molar-refractivity contribution >= 4 is 20.9 Å². The van der Waals surface area contributed by atoms with Crippen molar-refractivity contribution in [2.24, 2.45) is 5.92 Å². The van der Waals surface area contributed by atoms with Gasteiger partial charge in [0.25, 0.3) is 0 Å². The van der Waals surface area contributed by atoms with Crippen LogP contribution in [0.3, 0.4) is 0 Å². The molecular weight excluding hydrogens is 404 g/mol. The third kappa shape index (κ3) is 4.76. The monoisotopic (exact) mass is 430 g/mol. The largest absolute Gasteiger partial charge is 0.497 e. The Labute approximate surface area is 176 Å². The molecule has 1 aromatic heterocycles. The first-order valence-electron chi connectivity index (χ1n) is 10.0. The molecule has 2 atom stereocenters. The molecule has 0 amide bonds. The summed E-state index contributed by atoms with van der Waals surface area (Å²) in [6.07, 6.45) is 0.505. The number of fused-ring (bicyclic) bond motifs is 1. The van der Waals surface area contributed by atoms with E-state index in [9.17, 15) is 13.5 Å². The zero-order valence-electron chi connectivity index (χ0n) is 16.9. The van der Waals surface area contributed by atoms with Crippen molar-refractivity contribution in [3.8, 4) is 11.5 Å². The van der Waals surface area contributed by atoms with E-state index in [4.69, 9.17) is 14.5 Å². The second kappa shape index (κ2) is 8.65. The second-order valence-electron chi connectivity index (χ2n) is 7.74. The smallest absolute Gasteiger partial charge is 0.150 e. The molecule has 3 aromatic rings. The Morgan fingerprint density at radius 1 is 1.17 bits per heavy atom. The van der Waals surface area contributed by atoms with Gasteiger partial charge in [0.1, 0.15) is 30.0 Å². The molecule has 0 aliphatic carbocycles. The van der Waals surface area contributed by atoms with Crippen molar-refractivity contribution in [2.75, 3.05) is 25.2 Å². The number of rotatable bonds is 8. The van der Waals surface area contributed by atoms with Gasteiger partial charge in [0.05, 0.1) is 36.2 Å². The highest BCUT2D eigenvalue weighted by atomic mass is 32.2. The third-order valence-corrected chi connectivity index (χ3v) is 7.26. The van der Waals surface area contributed by atoms with Gasteiger partial charge >= 0.3 is 0 Å². The highest BCUT2D eigenvalue weighted by Crippen LogP contribution is 2.25. The molecular formula is C22H26N2O5S. The van der Waals surface area contributed by atoms with Crippen molar-refractivity contribution in [3.05, 3.63) is 54.4 Å². The van der Waals surface area contributed by atoms with Crippen molar-refractivity contribution in [1.29, 1.82) is 0 Å². The van der Waals surface area contributed by atoms with E-state index in [1.54, 1.807) is 31.4 Å². The van der Waals surface area contributed by atoms with E-state index in [2.05, 4.69) is 0 Å². The Bertz CT molecular complexity index is 1110. The molecule has 0 bridgehead atoms. The highest BCUT2D eigenvalue weighted by Gasteiger charge is 2.29. The first-order chi connectivity index (χ1) is 14.4. The molecule has 8 heteroatoms. The summed E-state index contributed by atoms with van der Waals surface area (Å²) < 4.78 is 36.5. The first kappa shape index (κ1) is 20.7. The van der Waals surface area contributed by atoms with Gasteiger partial charge < -0.3 is 19.1 Å². The highest BCUT2D eigenvalue weighted by molar-refractivity contribution is 7.91. The average molecular weight is 431 g/mol. The molecule has 1 aliphatic rings. The maximum Gasteiger partial charge on any atom is 0.150 e. The summed E-state index contributed by atoms with van der Waals surface area (Å²) in [4.78, 5) is 4.72. The van der Waals surface area contributed by atoms with Crippen LogP contribution < -0.4 is 9.47 Å². The predicted octanol–water partition coefficient (Wildman–Crippen LogP) is 2.46. The average Bonchev–Trinajstić information content (AvgIpc) is 3.26. The summed E-state index contributed by atoms with van der Waals surface area (Å²) in [7, 11) is -1.34. The second-order valence-corrected chi connectivity index (χ2v) is 9.97.